The summed E-state index contributed by atoms with van der Waals surface area (Å²) in [6.07, 6.45) is 0. The molecule has 15 heavy (non-hydrogen) atoms. The molecule has 84 valence electrons. The highest BCUT2D eigenvalue weighted by molar-refractivity contribution is 14.1. The lowest BCUT2D eigenvalue weighted by atomic mass is 10.3. The molecule has 0 heterocycles. The second kappa shape index (κ2) is 4.41. The maximum Gasteiger partial charge on any atom is 0.260 e. The van der Waals surface area contributed by atoms with Crippen LogP contribution in [0.15, 0.2) is 24.3 Å². The highest BCUT2D eigenvalue weighted by Gasteiger charge is 2.40. The molecule has 0 amide bonds. The van der Waals surface area contributed by atoms with E-state index in [4.69, 9.17) is 4.43 Å². The second-order valence-electron chi connectivity index (χ2n) is 4.54. The highest BCUT2D eigenvalue weighted by Crippen LogP contribution is 2.31. The van der Waals surface area contributed by atoms with Gasteiger partial charge in [-0.25, -0.2) is 4.39 Å². The summed E-state index contributed by atoms with van der Waals surface area (Å²) < 4.78 is 18.8. The number of hydrogen-bond donors (Lipinski definition) is 0. The van der Waals surface area contributed by atoms with Gasteiger partial charge in [0.2, 0.25) is 0 Å². The molecule has 0 aliphatic carbocycles. The van der Waals surface area contributed by atoms with Crippen LogP contribution >= 0.6 is 22.6 Å². The van der Waals surface area contributed by atoms with Gasteiger partial charge in [0.05, 0.1) is 0 Å². The van der Waals surface area contributed by atoms with Crippen LogP contribution in [0.25, 0.3) is 0 Å². The van der Waals surface area contributed by atoms with Crippen LogP contribution in [0.5, 0.6) is 5.75 Å². The minimum atomic E-state index is -1.80. The van der Waals surface area contributed by atoms with Crippen LogP contribution in [-0.4, -0.2) is 11.4 Å². The second-order valence-corrected chi connectivity index (χ2v) is 12.7. The number of hydrogen-bond acceptors (Lipinski definition) is 1. The van der Waals surface area contributed by atoms with Gasteiger partial charge in [0.1, 0.15) is 11.6 Å². The lowest BCUT2D eigenvalue weighted by molar-refractivity contribution is 0.528. The topological polar surface area (TPSA) is 9.23 Å². The molecule has 0 atom stereocenters. The number of alkyl halides is 1. The normalized spacial score (nSPS) is 12.7. The molecule has 0 aliphatic rings. The fraction of sp³-hybridized carbons (Fsp3) is 0.455. The minimum absolute atomic E-state index is 0.138. The van der Waals surface area contributed by atoms with E-state index in [-0.39, 0.29) is 8.86 Å². The average molecular weight is 338 g/mol. The van der Waals surface area contributed by atoms with E-state index in [1.54, 1.807) is 12.1 Å². The van der Waals surface area contributed by atoms with Crippen molar-refractivity contribution in [3.8, 4) is 5.75 Å². The molecule has 0 spiro atoms. The summed E-state index contributed by atoms with van der Waals surface area (Å²) in [5.41, 5.74) is 0. The quantitative estimate of drug-likeness (QED) is 0.457. The van der Waals surface area contributed by atoms with Crippen molar-refractivity contribution >= 4 is 30.9 Å². The Bertz CT molecular complexity index is 329. The van der Waals surface area contributed by atoms with Crippen LogP contribution in [0, 0.1) is 5.82 Å². The smallest absolute Gasteiger partial charge is 0.260 e. The van der Waals surface area contributed by atoms with E-state index in [2.05, 4.69) is 49.5 Å². The zero-order chi connectivity index (χ0) is 11.7. The summed E-state index contributed by atoms with van der Waals surface area (Å²) in [4.78, 5) is 0. The Kier molecular flexibility index (Phi) is 3.81. The van der Waals surface area contributed by atoms with Crippen LogP contribution < -0.4 is 4.43 Å². The predicted octanol–water partition coefficient (Wildman–Crippen LogP) is 4.16. The monoisotopic (exact) mass is 338 g/mol. The van der Waals surface area contributed by atoms with Crippen molar-refractivity contribution in [2.75, 3.05) is 0 Å². The summed E-state index contributed by atoms with van der Waals surface area (Å²) in [6, 6.07) is 6.24. The molecule has 4 heteroatoms. The van der Waals surface area contributed by atoms with Crippen LogP contribution in [-0.2, 0) is 0 Å². The first-order valence-electron chi connectivity index (χ1n) is 4.86. The van der Waals surface area contributed by atoms with Gasteiger partial charge in [-0.2, -0.15) is 0 Å². The van der Waals surface area contributed by atoms with E-state index in [9.17, 15) is 4.39 Å². The Labute approximate surface area is 105 Å². The number of halogens is 2. The summed E-state index contributed by atoms with van der Waals surface area (Å²) in [5, 5.41) is 0. The average Bonchev–Trinajstić information content (AvgIpc) is 2.06. The van der Waals surface area contributed by atoms with Crippen LogP contribution in [0.3, 0.4) is 0 Å². The van der Waals surface area contributed by atoms with Crippen LogP contribution in [0.4, 0.5) is 4.39 Å². The van der Waals surface area contributed by atoms with Crippen LogP contribution in [0.2, 0.25) is 13.1 Å². The van der Waals surface area contributed by atoms with Gasteiger partial charge in [0.25, 0.3) is 8.32 Å². The first-order valence-corrected chi connectivity index (χ1v) is 8.84. The van der Waals surface area contributed by atoms with Crippen LogP contribution in [0.1, 0.15) is 13.8 Å². The molecule has 1 aromatic rings. The zero-order valence-corrected chi connectivity index (χ0v) is 12.6. The molecule has 0 aromatic heterocycles. The molecule has 1 aromatic carbocycles. The molecular formula is C11H16FIOSi. The first kappa shape index (κ1) is 13.0. The van der Waals surface area contributed by atoms with Gasteiger partial charge in [-0.15, -0.1) is 0 Å². The molecule has 0 fully saturated rings. The van der Waals surface area contributed by atoms with Crippen molar-refractivity contribution in [1.82, 2.24) is 0 Å². The van der Waals surface area contributed by atoms with Crippen molar-refractivity contribution in [1.29, 1.82) is 0 Å². The Hall–Kier alpha value is -0.103. The van der Waals surface area contributed by atoms with E-state index < -0.39 is 8.32 Å². The Morgan fingerprint density at radius 1 is 1.20 bits per heavy atom. The van der Waals surface area contributed by atoms with Crippen molar-refractivity contribution in [2.24, 2.45) is 0 Å². The predicted molar refractivity (Wildman–Crippen MR) is 72.6 cm³/mol. The van der Waals surface area contributed by atoms with Gasteiger partial charge in [0.15, 0.2) is 0 Å². The van der Waals surface area contributed by atoms with Crippen molar-refractivity contribution in [3.05, 3.63) is 30.1 Å². The van der Waals surface area contributed by atoms with Gasteiger partial charge in [-0.3, -0.25) is 0 Å². The van der Waals surface area contributed by atoms with Gasteiger partial charge in [-0.05, 0) is 37.4 Å². The van der Waals surface area contributed by atoms with E-state index in [0.29, 0.717) is 0 Å². The SMILES string of the molecule is CC(C)(I)[Si](C)(C)Oc1ccc(F)cc1. The molecule has 1 rings (SSSR count). The molecule has 0 unspecified atom stereocenters. The molecule has 0 saturated heterocycles. The maximum absolute atomic E-state index is 12.7. The zero-order valence-electron chi connectivity index (χ0n) is 9.47. The molecular weight excluding hydrogens is 322 g/mol. The molecule has 0 aliphatic heterocycles. The first-order chi connectivity index (χ1) is 6.72. The van der Waals surface area contributed by atoms with Crippen molar-refractivity contribution < 1.29 is 8.82 Å². The van der Waals surface area contributed by atoms with Gasteiger partial charge in [0, 0.05) is 3.04 Å². The Morgan fingerprint density at radius 3 is 2.07 bits per heavy atom. The van der Waals surface area contributed by atoms with Gasteiger partial charge in [-0.1, -0.05) is 36.4 Å². The largest absolute Gasteiger partial charge is 0.543 e. The number of rotatable bonds is 3. The minimum Gasteiger partial charge on any atom is -0.543 e. The van der Waals surface area contributed by atoms with E-state index >= 15 is 0 Å². The van der Waals surface area contributed by atoms with Crippen molar-refractivity contribution in [3.63, 3.8) is 0 Å². The summed E-state index contributed by atoms with van der Waals surface area (Å²) in [7, 11) is -1.80. The summed E-state index contributed by atoms with van der Waals surface area (Å²) >= 11 is 2.42. The molecule has 0 N–H and O–H groups in total. The van der Waals surface area contributed by atoms with E-state index in [1.807, 2.05) is 0 Å². The third kappa shape index (κ3) is 3.44. The lowest BCUT2D eigenvalue weighted by Gasteiger charge is -2.34. The fourth-order valence-electron chi connectivity index (χ4n) is 0.919. The van der Waals surface area contributed by atoms with E-state index in [1.165, 1.54) is 12.1 Å². The molecule has 1 nitrogen and oxygen atoms in total. The van der Waals surface area contributed by atoms with Crippen molar-refractivity contribution in [2.45, 2.75) is 30.0 Å². The highest BCUT2D eigenvalue weighted by atomic mass is 127. The van der Waals surface area contributed by atoms with Gasteiger partial charge >= 0.3 is 0 Å². The van der Waals surface area contributed by atoms with E-state index in [0.717, 1.165) is 5.75 Å². The third-order valence-corrected chi connectivity index (χ3v) is 10.1. The fourth-order valence-corrected chi connectivity index (χ4v) is 2.22. The molecule has 0 saturated carbocycles. The lowest BCUT2D eigenvalue weighted by Crippen LogP contribution is -2.51. The maximum atomic E-state index is 12.7. The third-order valence-electron chi connectivity index (χ3n) is 2.62. The molecule has 0 radical (unpaired) electrons. The molecule has 0 bridgehead atoms. The summed E-state index contributed by atoms with van der Waals surface area (Å²) in [6.45, 7) is 8.68. The Balaban J connectivity index is 2.82. The van der Waals surface area contributed by atoms with Gasteiger partial charge < -0.3 is 4.43 Å². The summed E-state index contributed by atoms with van der Waals surface area (Å²) in [5.74, 6) is 0.536. The standard InChI is InChI=1S/C11H16FIOSi/c1-11(2,13)15(3,4)14-10-7-5-9(12)6-8-10/h5-8H,1-4H3. The Morgan fingerprint density at radius 2 is 1.67 bits per heavy atom. The number of benzene rings is 1.